The number of furan rings is 1. The van der Waals surface area contributed by atoms with E-state index >= 15 is 0 Å². The van der Waals surface area contributed by atoms with Gasteiger partial charge in [0.1, 0.15) is 0 Å². The van der Waals surface area contributed by atoms with E-state index in [0.29, 0.717) is 50.0 Å². The van der Waals surface area contributed by atoms with Gasteiger partial charge >= 0.3 is 6.18 Å². The molecule has 164 valence electrons. The highest BCUT2D eigenvalue weighted by Crippen LogP contribution is 2.29. The number of nitrogens with zero attached hydrogens (tertiary/aromatic N) is 3. The molecule has 2 heterocycles. The lowest BCUT2D eigenvalue weighted by Crippen LogP contribution is -2.53. The number of carbonyl (C=O) groups excluding carboxylic acids is 1. The van der Waals surface area contributed by atoms with Gasteiger partial charge in [-0.05, 0) is 36.8 Å². The Bertz CT molecular complexity index is 831. The van der Waals surface area contributed by atoms with Crippen molar-refractivity contribution in [2.24, 2.45) is 4.99 Å². The third kappa shape index (κ3) is 6.13. The number of halogens is 4. The molecule has 1 fully saturated rings. The summed E-state index contributed by atoms with van der Waals surface area (Å²) in [5.41, 5.74) is 0.0227. The lowest BCUT2D eigenvalue weighted by atomic mass is 10.1. The quantitative estimate of drug-likeness (QED) is 0.367. The molecule has 1 aromatic carbocycles. The molecule has 2 aromatic rings. The summed E-state index contributed by atoms with van der Waals surface area (Å²) in [5.74, 6) is 0.861. The van der Waals surface area contributed by atoms with E-state index in [0.717, 1.165) is 12.1 Å². The highest BCUT2D eigenvalue weighted by atomic mass is 127. The summed E-state index contributed by atoms with van der Waals surface area (Å²) in [6, 6.07) is 8.34. The van der Waals surface area contributed by atoms with Crippen molar-refractivity contribution in [1.82, 2.24) is 15.1 Å². The molecular formula is C20H24F3IN4O2. The molecule has 0 saturated carbocycles. The van der Waals surface area contributed by atoms with Crippen LogP contribution in [0.3, 0.4) is 0 Å². The van der Waals surface area contributed by atoms with Crippen LogP contribution >= 0.6 is 24.0 Å². The fourth-order valence-corrected chi connectivity index (χ4v) is 3.07. The van der Waals surface area contributed by atoms with Crippen LogP contribution in [0.1, 0.15) is 28.6 Å². The number of carbonyl (C=O) groups is 1. The van der Waals surface area contributed by atoms with Crippen molar-refractivity contribution in [1.29, 1.82) is 0 Å². The Balaban J connectivity index is 0.00000320. The van der Waals surface area contributed by atoms with Gasteiger partial charge in [0.05, 0.1) is 18.4 Å². The van der Waals surface area contributed by atoms with Gasteiger partial charge < -0.3 is 19.5 Å². The maximum Gasteiger partial charge on any atom is 0.416 e. The molecule has 1 amide bonds. The van der Waals surface area contributed by atoms with Crippen molar-refractivity contribution in [3.05, 3.63) is 59.5 Å². The van der Waals surface area contributed by atoms with Gasteiger partial charge in [-0.1, -0.05) is 12.1 Å². The fraction of sp³-hybridized carbons (Fsp3) is 0.400. The van der Waals surface area contributed by atoms with Gasteiger partial charge in [-0.3, -0.25) is 4.79 Å². The first-order chi connectivity index (χ1) is 13.9. The van der Waals surface area contributed by atoms with E-state index in [1.807, 2.05) is 11.8 Å². The molecule has 30 heavy (non-hydrogen) atoms. The van der Waals surface area contributed by atoms with E-state index in [2.05, 4.69) is 10.3 Å². The van der Waals surface area contributed by atoms with E-state index in [1.165, 1.54) is 18.4 Å². The van der Waals surface area contributed by atoms with Crippen molar-refractivity contribution < 1.29 is 22.4 Å². The number of nitrogens with one attached hydrogen (secondary N) is 1. The Kier molecular flexibility index (Phi) is 8.56. The van der Waals surface area contributed by atoms with E-state index in [4.69, 9.17) is 4.42 Å². The summed E-state index contributed by atoms with van der Waals surface area (Å²) in [6.45, 7) is 5.15. The molecule has 1 aliphatic rings. The normalized spacial score (nSPS) is 15.0. The molecule has 0 spiro atoms. The van der Waals surface area contributed by atoms with E-state index in [-0.39, 0.29) is 36.4 Å². The Morgan fingerprint density at radius 2 is 1.73 bits per heavy atom. The van der Waals surface area contributed by atoms with Gasteiger partial charge in [-0.2, -0.15) is 13.2 Å². The Hall–Kier alpha value is -2.24. The van der Waals surface area contributed by atoms with Crippen LogP contribution in [0.2, 0.25) is 0 Å². The number of aliphatic imine (C=N–C) groups is 1. The van der Waals surface area contributed by atoms with Gasteiger partial charge in [0.15, 0.2) is 11.7 Å². The first-order valence-electron chi connectivity index (χ1n) is 9.40. The average Bonchev–Trinajstić information content (AvgIpc) is 3.25. The number of hydrogen-bond acceptors (Lipinski definition) is 3. The number of rotatable bonds is 4. The SMILES string of the molecule is CCNC(=NCc1ccc(C(F)(F)F)cc1)N1CCN(C(=O)c2ccco2)CC1.I. The number of piperazine rings is 1. The number of hydrogen-bond donors (Lipinski definition) is 1. The molecule has 0 radical (unpaired) electrons. The van der Waals surface area contributed by atoms with Gasteiger partial charge in [0.25, 0.3) is 5.91 Å². The van der Waals surface area contributed by atoms with Crippen LogP contribution in [0.5, 0.6) is 0 Å². The van der Waals surface area contributed by atoms with Gasteiger partial charge in [-0.25, -0.2) is 4.99 Å². The summed E-state index contributed by atoms with van der Waals surface area (Å²) in [5, 5.41) is 3.20. The zero-order valence-corrected chi connectivity index (χ0v) is 18.8. The topological polar surface area (TPSA) is 61.1 Å². The molecule has 1 aliphatic heterocycles. The minimum absolute atomic E-state index is 0. The number of benzene rings is 1. The van der Waals surface area contributed by atoms with Gasteiger partial charge in [0.2, 0.25) is 0 Å². The van der Waals surface area contributed by atoms with Crippen molar-refractivity contribution in [3.8, 4) is 0 Å². The molecule has 10 heteroatoms. The van der Waals surface area contributed by atoms with Gasteiger partial charge in [-0.15, -0.1) is 24.0 Å². The van der Waals surface area contributed by atoms with Crippen molar-refractivity contribution >= 4 is 35.8 Å². The van der Waals surface area contributed by atoms with Crippen LogP contribution in [0.25, 0.3) is 0 Å². The molecule has 6 nitrogen and oxygen atoms in total. The monoisotopic (exact) mass is 536 g/mol. The lowest BCUT2D eigenvalue weighted by Gasteiger charge is -2.36. The molecule has 0 unspecified atom stereocenters. The van der Waals surface area contributed by atoms with Crippen LogP contribution in [-0.4, -0.2) is 54.4 Å². The van der Waals surface area contributed by atoms with Crippen LogP contribution in [0, 0.1) is 0 Å². The van der Waals surface area contributed by atoms with Crippen molar-refractivity contribution in [2.75, 3.05) is 32.7 Å². The van der Waals surface area contributed by atoms with Crippen molar-refractivity contribution in [3.63, 3.8) is 0 Å². The number of alkyl halides is 3. The highest BCUT2D eigenvalue weighted by molar-refractivity contribution is 14.0. The average molecular weight is 536 g/mol. The minimum Gasteiger partial charge on any atom is -0.459 e. The lowest BCUT2D eigenvalue weighted by molar-refractivity contribution is -0.137. The van der Waals surface area contributed by atoms with E-state index < -0.39 is 11.7 Å². The fourth-order valence-electron chi connectivity index (χ4n) is 3.07. The molecular weight excluding hydrogens is 512 g/mol. The third-order valence-electron chi connectivity index (χ3n) is 4.63. The summed E-state index contributed by atoms with van der Waals surface area (Å²) in [4.78, 5) is 20.7. The second-order valence-corrected chi connectivity index (χ2v) is 6.62. The molecule has 0 atom stereocenters. The van der Waals surface area contributed by atoms with Crippen LogP contribution < -0.4 is 5.32 Å². The zero-order valence-electron chi connectivity index (χ0n) is 16.5. The van der Waals surface area contributed by atoms with Crippen LogP contribution in [-0.2, 0) is 12.7 Å². The maximum atomic E-state index is 12.7. The summed E-state index contributed by atoms with van der Waals surface area (Å²) in [7, 11) is 0. The number of guanidine groups is 1. The Morgan fingerprint density at radius 1 is 1.10 bits per heavy atom. The summed E-state index contributed by atoms with van der Waals surface area (Å²) < 4.78 is 43.2. The summed E-state index contributed by atoms with van der Waals surface area (Å²) >= 11 is 0. The first-order valence-corrected chi connectivity index (χ1v) is 9.40. The first kappa shape index (κ1) is 24.0. The summed E-state index contributed by atoms with van der Waals surface area (Å²) in [6.07, 6.45) is -2.87. The molecule has 0 aliphatic carbocycles. The Labute approximate surface area is 190 Å². The zero-order chi connectivity index (χ0) is 20.9. The molecule has 1 saturated heterocycles. The maximum absolute atomic E-state index is 12.7. The second-order valence-electron chi connectivity index (χ2n) is 6.62. The smallest absolute Gasteiger partial charge is 0.416 e. The van der Waals surface area contributed by atoms with Crippen LogP contribution in [0.15, 0.2) is 52.1 Å². The predicted octanol–water partition coefficient (Wildman–Crippen LogP) is 3.84. The second kappa shape index (κ2) is 10.7. The predicted molar refractivity (Wildman–Crippen MR) is 118 cm³/mol. The van der Waals surface area contributed by atoms with Crippen LogP contribution in [0.4, 0.5) is 13.2 Å². The largest absolute Gasteiger partial charge is 0.459 e. The number of amides is 1. The molecule has 1 N–H and O–H groups in total. The third-order valence-corrected chi connectivity index (χ3v) is 4.63. The molecule has 3 rings (SSSR count). The highest BCUT2D eigenvalue weighted by Gasteiger charge is 2.30. The Morgan fingerprint density at radius 3 is 2.27 bits per heavy atom. The minimum atomic E-state index is -4.34. The van der Waals surface area contributed by atoms with Crippen molar-refractivity contribution in [2.45, 2.75) is 19.6 Å². The standard InChI is InChI=1S/C20H23F3N4O2.HI/c1-2-24-19(25-14-15-5-7-16(8-6-15)20(21,22)23)27-11-9-26(10-12-27)18(28)17-4-3-13-29-17;/h3-8,13H,2,9-12,14H2,1H3,(H,24,25);1H. The van der Waals surface area contributed by atoms with Gasteiger partial charge in [0, 0.05) is 32.7 Å². The molecule has 1 aromatic heterocycles. The molecule has 0 bridgehead atoms. The van der Waals surface area contributed by atoms with E-state index in [9.17, 15) is 18.0 Å². The van der Waals surface area contributed by atoms with E-state index in [1.54, 1.807) is 17.0 Å².